The van der Waals surface area contributed by atoms with E-state index in [1.165, 1.54) is 75.5 Å². The van der Waals surface area contributed by atoms with Gasteiger partial charge in [-0.3, -0.25) is 0 Å². The van der Waals surface area contributed by atoms with E-state index < -0.39 is 0 Å². The van der Waals surface area contributed by atoms with E-state index in [2.05, 4.69) is 154 Å². The number of rotatable bonds is 2. The monoisotopic (exact) mass is 640 g/mol. The van der Waals surface area contributed by atoms with E-state index in [-0.39, 0.29) is 0 Å². The van der Waals surface area contributed by atoms with Gasteiger partial charge in [0.25, 0.3) is 0 Å². The van der Waals surface area contributed by atoms with E-state index in [9.17, 15) is 0 Å². The van der Waals surface area contributed by atoms with Crippen LogP contribution < -0.4 is 0 Å². The molecule has 5 aromatic heterocycles. The molecule has 226 valence electrons. The molecule has 0 aliphatic rings. The first-order valence-electron chi connectivity index (χ1n) is 16.6. The molecule has 4 nitrogen and oxygen atoms in total. The molecule has 0 aliphatic carbocycles. The third-order valence-electron chi connectivity index (χ3n) is 10.4. The first-order valence-corrected chi connectivity index (χ1v) is 17.4. The minimum absolute atomic E-state index is 0.744. The van der Waals surface area contributed by atoms with Crippen molar-refractivity contribution in [3.8, 4) is 22.6 Å². The number of fused-ring (bicyclic) bond motifs is 15. The van der Waals surface area contributed by atoms with Gasteiger partial charge in [-0.25, -0.2) is 9.97 Å². The van der Waals surface area contributed by atoms with Crippen LogP contribution in [0.1, 0.15) is 0 Å². The van der Waals surface area contributed by atoms with Crippen LogP contribution in [0.25, 0.3) is 108 Å². The molecule has 0 unspecified atom stereocenters. The molecule has 0 saturated heterocycles. The fraction of sp³-hybridized carbons (Fsp3) is 0. The van der Waals surface area contributed by atoms with Gasteiger partial charge in [0, 0.05) is 42.8 Å². The Hall–Kier alpha value is -6.30. The van der Waals surface area contributed by atoms with Crippen LogP contribution in [0.4, 0.5) is 0 Å². The van der Waals surface area contributed by atoms with Crippen LogP contribution in [0.3, 0.4) is 0 Å². The lowest BCUT2D eigenvalue weighted by molar-refractivity contribution is 1.24. The standard InChI is InChI=1S/C44H24N4S/c1-2-12-25(13-3-1)39-43-40(30-16-6-11-21-36(30)49-43)46-44(45-39)26-22-23-27-31(24-26)38-29-15-5-8-18-33(29)48-35-20-10-9-19-34(35)47-32-17-7-4-14-28(32)37(27)41(47)42(38)48/h1-24H. The van der Waals surface area contributed by atoms with Gasteiger partial charge in [0.15, 0.2) is 5.82 Å². The second kappa shape index (κ2) is 9.19. The number of hydrogen-bond acceptors (Lipinski definition) is 3. The zero-order valence-corrected chi connectivity index (χ0v) is 26.9. The van der Waals surface area contributed by atoms with Gasteiger partial charge >= 0.3 is 0 Å². The van der Waals surface area contributed by atoms with Crippen LogP contribution in [0, 0.1) is 0 Å². The van der Waals surface area contributed by atoms with Crippen molar-refractivity contribution in [2.45, 2.75) is 0 Å². The van der Waals surface area contributed by atoms with Crippen molar-refractivity contribution in [1.29, 1.82) is 0 Å². The van der Waals surface area contributed by atoms with Gasteiger partial charge in [0.2, 0.25) is 0 Å². The molecule has 0 fully saturated rings. The second-order valence-corrected chi connectivity index (χ2v) is 14.0. The smallest absolute Gasteiger partial charge is 0.160 e. The average Bonchev–Trinajstić information content (AvgIpc) is 3.83. The maximum absolute atomic E-state index is 5.34. The van der Waals surface area contributed by atoms with E-state index in [1.54, 1.807) is 11.3 Å². The summed E-state index contributed by atoms with van der Waals surface area (Å²) >= 11 is 1.77. The zero-order valence-electron chi connectivity index (χ0n) is 26.1. The molecule has 0 atom stereocenters. The van der Waals surface area contributed by atoms with E-state index in [0.29, 0.717) is 0 Å². The number of nitrogens with zero attached hydrogens (tertiary/aromatic N) is 4. The Balaban J connectivity index is 1.28. The summed E-state index contributed by atoms with van der Waals surface area (Å²) in [6.45, 7) is 0. The Bertz CT molecular complexity index is 3320. The molecule has 7 aromatic carbocycles. The summed E-state index contributed by atoms with van der Waals surface area (Å²) in [5.74, 6) is 0.744. The number of para-hydroxylation sites is 4. The van der Waals surface area contributed by atoms with E-state index in [1.807, 2.05) is 0 Å². The highest BCUT2D eigenvalue weighted by Crippen LogP contribution is 2.47. The molecule has 0 saturated carbocycles. The van der Waals surface area contributed by atoms with Crippen LogP contribution in [0.2, 0.25) is 0 Å². The fourth-order valence-corrected chi connectivity index (χ4v) is 9.59. The van der Waals surface area contributed by atoms with E-state index in [0.717, 1.165) is 32.9 Å². The molecule has 0 spiro atoms. The highest BCUT2D eigenvalue weighted by molar-refractivity contribution is 7.26. The molecule has 49 heavy (non-hydrogen) atoms. The van der Waals surface area contributed by atoms with Crippen molar-refractivity contribution in [3.05, 3.63) is 146 Å². The molecule has 0 bridgehead atoms. The Morgan fingerprint density at radius 2 is 1.00 bits per heavy atom. The van der Waals surface area contributed by atoms with Crippen molar-refractivity contribution in [1.82, 2.24) is 18.8 Å². The maximum atomic E-state index is 5.34. The van der Waals surface area contributed by atoms with Gasteiger partial charge in [0.1, 0.15) is 0 Å². The van der Waals surface area contributed by atoms with Gasteiger partial charge in [-0.1, -0.05) is 109 Å². The largest absolute Gasteiger partial charge is 0.305 e. The predicted octanol–water partition coefficient (Wildman–Crippen LogP) is 11.9. The summed E-state index contributed by atoms with van der Waals surface area (Å²) in [7, 11) is 0. The molecule has 12 rings (SSSR count). The van der Waals surface area contributed by atoms with Gasteiger partial charge in [-0.15, -0.1) is 11.3 Å². The molecule has 5 heterocycles. The van der Waals surface area contributed by atoms with Crippen molar-refractivity contribution >= 4 is 97.1 Å². The van der Waals surface area contributed by atoms with Crippen LogP contribution in [0.15, 0.2) is 146 Å². The van der Waals surface area contributed by atoms with Crippen molar-refractivity contribution in [3.63, 3.8) is 0 Å². The van der Waals surface area contributed by atoms with Gasteiger partial charge in [0.05, 0.1) is 49.0 Å². The summed E-state index contributed by atoms with van der Waals surface area (Å²) in [4.78, 5) is 10.7. The SMILES string of the molecule is c1ccc(-c2nc(-c3ccc4c(c3)c3c5ccccc5n5c6ccccc6n6c7ccccc7c4c6c35)nc3c2sc2ccccc23)cc1. The summed E-state index contributed by atoms with van der Waals surface area (Å²) in [6.07, 6.45) is 0. The summed E-state index contributed by atoms with van der Waals surface area (Å²) in [5, 5.41) is 8.70. The van der Waals surface area contributed by atoms with Crippen molar-refractivity contribution in [2.24, 2.45) is 0 Å². The first-order chi connectivity index (χ1) is 24.3. The highest BCUT2D eigenvalue weighted by atomic mass is 32.1. The normalized spacial score (nSPS) is 12.5. The Labute approximate surface area is 283 Å². The second-order valence-electron chi connectivity index (χ2n) is 12.9. The first kappa shape index (κ1) is 25.7. The minimum Gasteiger partial charge on any atom is -0.305 e. The van der Waals surface area contributed by atoms with Gasteiger partial charge in [-0.2, -0.15) is 0 Å². The van der Waals surface area contributed by atoms with Crippen LogP contribution in [-0.2, 0) is 0 Å². The van der Waals surface area contributed by atoms with Crippen LogP contribution in [-0.4, -0.2) is 18.8 Å². The molecular formula is C44H24N4S. The molecule has 0 amide bonds. The third kappa shape index (κ3) is 3.23. The van der Waals surface area contributed by atoms with E-state index in [4.69, 9.17) is 9.97 Å². The predicted molar refractivity (Wildman–Crippen MR) is 206 cm³/mol. The minimum atomic E-state index is 0.744. The maximum Gasteiger partial charge on any atom is 0.160 e. The van der Waals surface area contributed by atoms with E-state index >= 15 is 0 Å². The quantitative estimate of drug-likeness (QED) is 0.176. The number of hydrogen-bond donors (Lipinski definition) is 0. The number of benzene rings is 7. The lowest BCUT2D eigenvalue weighted by Crippen LogP contribution is -1.97. The molecule has 0 aliphatic heterocycles. The fourth-order valence-electron chi connectivity index (χ4n) is 8.44. The highest BCUT2D eigenvalue weighted by Gasteiger charge is 2.25. The summed E-state index contributed by atoms with van der Waals surface area (Å²) in [6, 6.07) is 52.5. The molecular weight excluding hydrogens is 617 g/mol. The van der Waals surface area contributed by atoms with Crippen molar-refractivity contribution in [2.75, 3.05) is 0 Å². The average molecular weight is 641 g/mol. The summed E-state index contributed by atoms with van der Waals surface area (Å²) in [5.41, 5.74) is 11.5. The molecule has 12 aromatic rings. The lowest BCUT2D eigenvalue weighted by Gasteiger charge is -2.13. The topological polar surface area (TPSA) is 34.6 Å². The Kier molecular flexibility index (Phi) is 4.83. The molecule has 0 radical (unpaired) electrons. The van der Waals surface area contributed by atoms with Crippen LogP contribution >= 0.6 is 11.3 Å². The molecule has 0 N–H and O–H groups in total. The Morgan fingerprint density at radius 3 is 1.69 bits per heavy atom. The number of aromatic nitrogens is 4. The Morgan fingerprint density at radius 1 is 0.429 bits per heavy atom. The summed E-state index contributed by atoms with van der Waals surface area (Å²) < 4.78 is 7.32. The third-order valence-corrected chi connectivity index (χ3v) is 11.6. The zero-order chi connectivity index (χ0) is 31.8. The van der Waals surface area contributed by atoms with Gasteiger partial charge in [-0.05, 0) is 47.2 Å². The van der Waals surface area contributed by atoms with Crippen LogP contribution in [0.5, 0.6) is 0 Å². The number of thiophene rings is 1. The van der Waals surface area contributed by atoms with Crippen molar-refractivity contribution < 1.29 is 0 Å². The lowest BCUT2D eigenvalue weighted by atomic mass is 9.96. The molecule has 5 heteroatoms. The van der Waals surface area contributed by atoms with Gasteiger partial charge < -0.3 is 8.80 Å².